The zero-order chi connectivity index (χ0) is 15.4. The van der Waals surface area contributed by atoms with Gasteiger partial charge in [0.2, 0.25) is 0 Å². The molecule has 1 unspecified atom stereocenters. The van der Waals surface area contributed by atoms with Crippen molar-refractivity contribution in [2.75, 3.05) is 32.5 Å². The molecule has 0 bridgehead atoms. The summed E-state index contributed by atoms with van der Waals surface area (Å²) in [4.78, 5) is 25.5. The summed E-state index contributed by atoms with van der Waals surface area (Å²) in [5, 5.41) is 0. The van der Waals surface area contributed by atoms with Gasteiger partial charge in [0.1, 0.15) is 0 Å². The number of halogens is 1. The number of benzene rings is 1. The normalized spacial score (nSPS) is 18.4. The van der Waals surface area contributed by atoms with E-state index in [1.54, 1.807) is 23.1 Å². The van der Waals surface area contributed by atoms with Crippen molar-refractivity contribution in [3.05, 3.63) is 28.2 Å². The monoisotopic (exact) mass is 356 g/mol. The number of rotatable bonds is 3. The molecule has 1 aliphatic heterocycles. The summed E-state index contributed by atoms with van der Waals surface area (Å²) in [6.45, 7) is 1.24. The number of nitrogens with zero attached hydrogens (tertiary/aromatic N) is 1. The molecule has 1 atom stereocenters. The van der Waals surface area contributed by atoms with Crippen LogP contribution in [0.3, 0.4) is 0 Å². The number of hydrogen-bond donors (Lipinski definition) is 1. The number of carbonyl (C=O) groups excluding carboxylic acids is 2. The number of morpholine rings is 1. The Morgan fingerprint density at radius 2 is 2.29 bits per heavy atom. The van der Waals surface area contributed by atoms with Crippen LogP contribution in [0.25, 0.3) is 0 Å². The van der Waals surface area contributed by atoms with Gasteiger partial charge in [0.05, 0.1) is 31.8 Å². The van der Waals surface area contributed by atoms with Crippen LogP contribution in [0, 0.1) is 0 Å². The lowest BCUT2D eigenvalue weighted by Gasteiger charge is -2.32. The van der Waals surface area contributed by atoms with E-state index in [1.807, 2.05) is 0 Å². The summed E-state index contributed by atoms with van der Waals surface area (Å²) < 4.78 is 10.8. The van der Waals surface area contributed by atoms with E-state index in [-0.39, 0.29) is 24.4 Å². The quantitative estimate of drug-likeness (QED) is 0.654. The van der Waals surface area contributed by atoms with E-state index in [2.05, 4.69) is 20.7 Å². The second-order valence-electron chi connectivity index (χ2n) is 4.76. The molecule has 21 heavy (non-hydrogen) atoms. The maximum Gasteiger partial charge on any atom is 0.308 e. The largest absolute Gasteiger partial charge is 0.469 e. The number of esters is 1. The van der Waals surface area contributed by atoms with Gasteiger partial charge in [-0.3, -0.25) is 9.59 Å². The highest BCUT2D eigenvalue weighted by molar-refractivity contribution is 9.10. The molecule has 2 rings (SSSR count). The van der Waals surface area contributed by atoms with Gasteiger partial charge < -0.3 is 20.1 Å². The lowest BCUT2D eigenvalue weighted by Crippen LogP contribution is -2.46. The lowest BCUT2D eigenvalue weighted by atomic mass is 10.1. The van der Waals surface area contributed by atoms with Crippen LogP contribution in [0.1, 0.15) is 16.8 Å². The SMILES string of the molecule is COC(=O)CC1CN(C(=O)c2cc(N)ccc2Br)CCO1. The van der Waals surface area contributed by atoms with Crippen LogP contribution in [0.2, 0.25) is 0 Å². The lowest BCUT2D eigenvalue weighted by molar-refractivity contribution is -0.145. The van der Waals surface area contributed by atoms with Crippen LogP contribution < -0.4 is 5.73 Å². The van der Waals surface area contributed by atoms with Gasteiger partial charge in [-0.2, -0.15) is 0 Å². The highest BCUT2D eigenvalue weighted by Crippen LogP contribution is 2.22. The Hall–Kier alpha value is -1.60. The third kappa shape index (κ3) is 3.95. The highest BCUT2D eigenvalue weighted by atomic mass is 79.9. The number of nitrogen functional groups attached to an aromatic ring is 1. The summed E-state index contributed by atoms with van der Waals surface area (Å²) in [5.41, 5.74) is 6.77. The molecule has 1 aromatic carbocycles. The van der Waals surface area contributed by atoms with E-state index in [1.165, 1.54) is 7.11 Å². The standard InChI is InChI=1S/C14H17BrN2O4/c1-20-13(18)7-10-8-17(4-5-21-10)14(19)11-6-9(16)2-3-12(11)15/h2-3,6,10H,4-5,7-8,16H2,1H3. The summed E-state index contributed by atoms with van der Waals surface area (Å²) >= 11 is 3.36. The van der Waals surface area contributed by atoms with Crippen molar-refractivity contribution in [2.45, 2.75) is 12.5 Å². The van der Waals surface area contributed by atoms with Crippen LogP contribution in [-0.2, 0) is 14.3 Å². The Kier molecular flexibility index (Phi) is 5.19. The fourth-order valence-electron chi connectivity index (χ4n) is 2.17. The van der Waals surface area contributed by atoms with E-state index in [4.69, 9.17) is 10.5 Å². The highest BCUT2D eigenvalue weighted by Gasteiger charge is 2.27. The van der Waals surface area contributed by atoms with Crippen molar-refractivity contribution >= 4 is 33.5 Å². The molecule has 0 aliphatic carbocycles. The van der Waals surface area contributed by atoms with E-state index < -0.39 is 0 Å². The van der Waals surface area contributed by atoms with Gasteiger partial charge in [0, 0.05) is 23.2 Å². The zero-order valence-electron chi connectivity index (χ0n) is 11.7. The minimum Gasteiger partial charge on any atom is -0.469 e. The number of methoxy groups -OCH3 is 1. The van der Waals surface area contributed by atoms with Crippen molar-refractivity contribution in [1.29, 1.82) is 0 Å². The molecule has 1 amide bonds. The van der Waals surface area contributed by atoms with Gasteiger partial charge in [-0.15, -0.1) is 0 Å². The Bertz CT molecular complexity index is 550. The van der Waals surface area contributed by atoms with Crippen LogP contribution in [0.5, 0.6) is 0 Å². The van der Waals surface area contributed by atoms with Gasteiger partial charge in [0.25, 0.3) is 5.91 Å². The zero-order valence-corrected chi connectivity index (χ0v) is 13.3. The number of carbonyl (C=O) groups is 2. The first kappa shape index (κ1) is 15.8. The van der Waals surface area contributed by atoms with Gasteiger partial charge in [-0.25, -0.2) is 0 Å². The van der Waals surface area contributed by atoms with Crippen molar-refractivity contribution in [3.8, 4) is 0 Å². The molecule has 1 aromatic rings. The van der Waals surface area contributed by atoms with Crippen molar-refractivity contribution in [2.24, 2.45) is 0 Å². The van der Waals surface area contributed by atoms with Crippen LogP contribution in [0.15, 0.2) is 22.7 Å². The number of amides is 1. The smallest absolute Gasteiger partial charge is 0.308 e. The maximum absolute atomic E-state index is 12.5. The molecule has 1 saturated heterocycles. The third-order valence-corrected chi connectivity index (χ3v) is 3.96. The number of nitrogens with two attached hydrogens (primary N) is 1. The first-order valence-corrected chi connectivity index (χ1v) is 7.33. The molecule has 2 N–H and O–H groups in total. The van der Waals surface area contributed by atoms with Gasteiger partial charge in [-0.1, -0.05) is 0 Å². The molecule has 1 heterocycles. The van der Waals surface area contributed by atoms with Crippen LogP contribution in [-0.4, -0.2) is 49.7 Å². The summed E-state index contributed by atoms with van der Waals surface area (Å²) in [6.07, 6.45) is -0.201. The Labute approximate surface area is 131 Å². The molecule has 6 nitrogen and oxygen atoms in total. The average Bonchev–Trinajstić information content (AvgIpc) is 2.49. The molecule has 0 aromatic heterocycles. The van der Waals surface area contributed by atoms with E-state index >= 15 is 0 Å². The van der Waals surface area contributed by atoms with Crippen molar-refractivity contribution < 1.29 is 19.1 Å². The molecule has 0 spiro atoms. The Morgan fingerprint density at radius 3 is 3.00 bits per heavy atom. The maximum atomic E-state index is 12.5. The number of ether oxygens (including phenoxy) is 2. The van der Waals surface area contributed by atoms with E-state index in [0.29, 0.717) is 35.4 Å². The fraction of sp³-hybridized carbons (Fsp3) is 0.429. The van der Waals surface area contributed by atoms with Crippen molar-refractivity contribution in [3.63, 3.8) is 0 Å². The van der Waals surface area contributed by atoms with Crippen LogP contribution in [0.4, 0.5) is 5.69 Å². The second-order valence-corrected chi connectivity index (χ2v) is 5.62. The number of anilines is 1. The Balaban J connectivity index is 2.08. The summed E-state index contributed by atoms with van der Waals surface area (Å²) in [5.74, 6) is -0.480. The van der Waals surface area contributed by atoms with Crippen LogP contribution >= 0.6 is 15.9 Å². The second kappa shape index (κ2) is 6.91. The third-order valence-electron chi connectivity index (χ3n) is 3.27. The van der Waals surface area contributed by atoms with E-state index in [0.717, 1.165) is 0 Å². The minimum atomic E-state index is -0.348. The molecule has 1 fully saturated rings. The fourth-order valence-corrected chi connectivity index (χ4v) is 2.59. The molecule has 114 valence electrons. The molecule has 1 aliphatic rings. The van der Waals surface area contributed by atoms with Gasteiger partial charge in [-0.05, 0) is 34.1 Å². The average molecular weight is 357 g/mol. The first-order chi connectivity index (χ1) is 10.0. The van der Waals surface area contributed by atoms with Gasteiger partial charge >= 0.3 is 5.97 Å². The topological polar surface area (TPSA) is 81.9 Å². The molecule has 0 radical (unpaired) electrons. The molecule has 7 heteroatoms. The molecular formula is C14H17BrN2O4. The Morgan fingerprint density at radius 1 is 1.52 bits per heavy atom. The van der Waals surface area contributed by atoms with Gasteiger partial charge in [0.15, 0.2) is 0 Å². The number of hydrogen-bond acceptors (Lipinski definition) is 5. The first-order valence-electron chi connectivity index (χ1n) is 6.54. The summed E-state index contributed by atoms with van der Waals surface area (Å²) in [6, 6.07) is 5.10. The predicted molar refractivity (Wildman–Crippen MR) is 80.8 cm³/mol. The van der Waals surface area contributed by atoms with Crippen molar-refractivity contribution in [1.82, 2.24) is 4.90 Å². The van der Waals surface area contributed by atoms with E-state index in [9.17, 15) is 9.59 Å². The minimum absolute atomic E-state index is 0.132. The predicted octanol–water partition coefficient (Wildman–Crippen LogP) is 1.44. The molecular weight excluding hydrogens is 340 g/mol. The molecule has 0 saturated carbocycles. The summed E-state index contributed by atoms with van der Waals surface area (Å²) in [7, 11) is 1.33.